The second kappa shape index (κ2) is 6.69. The Morgan fingerprint density at radius 3 is 2.67 bits per heavy atom. The lowest BCUT2D eigenvalue weighted by Gasteiger charge is -2.13. The Kier molecular flexibility index (Phi) is 4.71. The van der Waals surface area contributed by atoms with Crippen LogP contribution in [-0.2, 0) is 9.53 Å². The SMILES string of the molecule is Cc1cc(C(=O)OCC(=O)NC(C)c2ccccc2)on1. The highest BCUT2D eigenvalue weighted by molar-refractivity contribution is 5.88. The molecule has 0 fully saturated rings. The lowest BCUT2D eigenvalue weighted by Crippen LogP contribution is -2.31. The van der Waals surface area contributed by atoms with Crippen LogP contribution in [0, 0.1) is 6.92 Å². The third kappa shape index (κ3) is 4.17. The maximum Gasteiger partial charge on any atom is 0.377 e. The Bertz CT molecular complexity index is 622. The zero-order chi connectivity index (χ0) is 15.2. The minimum Gasteiger partial charge on any atom is -0.450 e. The number of esters is 1. The molecule has 2 aromatic rings. The minimum atomic E-state index is -0.710. The lowest BCUT2D eigenvalue weighted by atomic mass is 10.1. The minimum absolute atomic E-state index is 0.0172. The Hall–Kier alpha value is -2.63. The summed E-state index contributed by atoms with van der Waals surface area (Å²) in [4.78, 5) is 23.3. The average Bonchev–Trinajstić information content (AvgIpc) is 2.92. The summed E-state index contributed by atoms with van der Waals surface area (Å²) < 4.78 is 9.61. The van der Waals surface area contributed by atoms with Crippen LogP contribution in [0.25, 0.3) is 0 Å². The number of aromatic nitrogens is 1. The third-order valence-corrected chi connectivity index (χ3v) is 2.84. The first-order chi connectivity index (χ1) is 10.1. The molecule has 0 bridgehead atoms. The van der Waals surface area contributed by atoms with E-state index in [1.54, 1.807) is 6.92 Å². The van der Waals surface area contributed by atoms with Gasteiger partial charge in [-0.1, -0.05) is 35.5 Å². The van der Waals surface area contributed by atoms with E-state index in [1.165, 1.54) is 6.07 Å². The molecular formula is C15H16N2O4. The maximum atomic E-state index is 11.7. The number of hydrogen-bond acceptors (Lipinski definition) is 5. The first-order valence-corrected chi connectivity index (χ1v) is 6.51. The summed E-state index contributed by atoms with van der Waals surface area (Å²) in [6.07, 6.45) is 0. The zero-order valence-corrected chi connectivity index (χ0v) is 11.8. The average molecular weight is 288 g/mol. The second-order valence-corrected chi connectivity index (χ2v) is 4.61. The zero-order valence-electron chi connectivity index (χ0n) is 11.8. The number of amides is 1. The van der Waals surface area contributed by atoms with E-state index in [0.29, 0.717) is 5.69 Å². The van der Waals surface area contributed by atoms with Gasteiger partial charge >= 0.3 is 5.97 Å². The fourth-order valence-electron chi connectivity index (χ4n) is 1.77. The fraction of sp³-hybridized carbons (Fsp3) is 0.267. The molecule has 0 radical (unpaired) electrons. The van der Waals surface area contributed by atoms with Gasteiger partial charge < -0.3 is 14.6 Å². The highest BCUT2D eigenvalue weighted by Crippen LogP contribution is 2.10. The number of hydrogen-bond donors (Lipinski definition) is 1. The van der Waals surface area contributed by atoms with Crippen LogP contribution in [0.1, 0.15) is 34.8 Å². The second-order valence-electron chi connectivity index (χ2n) is 4.61. The molecule has 0 aliphatic heterocycles. The smallest absolute Gasteiger partial charge is 0.377 e. The van der Waals surface area contributed by atoms with Gasteiger partial charge in [-0.3, -0.25) is 4.79 Å². The van der Waals surface area contributed by atoms with Crippen LogP contribution in [-0.4, -0.2) is 23.6 Å². The van der Waals surface area contributed by atoms with Gasteiger partial charge in [0.15, 0.2) is 6.61 Å². The van der Waals surface area contributed by atoms with Crippen LogP contribution in [0.3, 0.4) is 0 Å². The third-order valence-electron chi connectivity index (χ3n) is 2.84. The summed E-state index contributed by atoms with van der Waals surface area (Å²) >= 11 is 0. The Balaban J connectivity index is 1.81. The Morgan fingerprint density at radius 2 is 2.05 bits per heavy atom. The van der Waals surface area contributed by atoms with Gasteiger partial charge in [0.1, 0.15) is 0 Å². The molecular weight excluding hydrogens is 272 g/mol. The standard InChI is InChI=1S/C15H16N2O4/c1-10-8-13(21-17-10)15(19)20-9-14(18)16-11(2)12-6-4-3-5-7-12/h3-8,11H,9H2,1-2H3,(H,16,18). The molecule has 6 heteroatoms. The van der Waals surface area contributed by atoms with Gasteiger partial charge in [0, 0.05) is 6.07 Å². The Morgan fingerprint density at radius 1 is 1.33 bits per heavy atom. The monoisotopic (exact) mass is 288 g/mol. The number of nitrogens with one attached hydrogen (secondary N) is 1. The van der Waals surface area contributed by atoms with Crippen LogP contribution in [0.4, 0.5) is 0 Å². The first-order valence-electron chi connectivity index (χ1n) is 6.51. The van der Waals surface area contributed by atoms with Crippen molar-refractivity contribution in [3.8, 4) is 0 Å². The van der Waals surface area contributed by atoms with Crippen molar-refractivity contribution in [1.82, 2.24) is 10.5 Å². The van der Waals surface area contributed by atoms with Gasteiger partial charge in [0.05, 0.1) is 11.7 Å². The number of ether oxygens (including phenoxy) is 1. The van der Waals surface area contributed by atoms with Crippen LogP contribution in [0.2, 0.25) is 0 Å². The fourth-order valence-corrected chi connectivity index (χ4v) is 1.77. The number of benzene rings is 1. The van der Waals surface area contributed by atoms with E-state index >= 15 is 0 Å². The predicted molar refractivity (Wildman–Crippen MR) is 74.5 cm³/mol. The van der Waals surface area contributed by atoms with Gasteiger partial charge in [0.25, 0.3) is 5.91 Å². The van der Waals surface area contributed by atoms with E-state index in [4.69, 9.17) is 9.26 Å². The number of carbonyl (C=O) groups is 2. The molecule has 0 aliphatic carbocycles. The van der Waals surface area contributed by atoms with Gasteiger partial charge in [-0.25, -0.2) is 4.79 Å². The highest BCUT2D eigenvalue weighted by atomic mass is 16.6. The molecule has 1 N–H and O–H groups in total. The predicted octanol–water partition coefficient (Wildman–Crippen LogP) is 2.02. The Labute approximate surface area is 122 Å². The summed E-state index contributed by atoms with van der Waals surface area (Å²) in [5.74, 6) is -1.11. The van der Waals surface area contributed by atoms with E-state index in [2.05, 4.69) is 10.5 Å². The lowest BCUT2D eigenvalue weighted by molar-refractivity contribution is -0.124. The topological polar surface area (TPSA) is 81.4 Å². The molecule has 1 atom stereocenters. The molecule has 1 aromatic carbocycles. The molecule has 1 aromatic heterocycles. The number of carbonyl (C=O) groups excluding carboxylic acids is 2. The van der Waals surface area contributed by atoms with Crippen LogP contribution >= 0.6 is 0 Å². The first kappa shape index (κ1) is 14.8. The molecule has 1 unspecified atom stereocenters. The van der Waals surface area contributed by atoms with Crippen molar-refractivity contribution in [3.05, 3.63) is 53.4 Å². The van der Waals surface area contributed by atoms with E-state index < -0.39 is 5.97 Å². The van der Waals surface area contributed by atoms with Crippen LogP contribution < -0.4 is 5.32 Å². The van der Waals surface area contributed by atoms with Crippen molar-refractivity contribution in [3.63, 3.8) is 0 Å². The van der Waals surface area contributed by atoms with Gasteiger partial charge in [-0.2, -0.15) is 0 Å². The molecule has 0 saturated heterocycles. The van der Waals surface area contributed by atoms with Crippen molar-refractivity contribution in [2.24, 2.45) is 0 Å². The maximum absolute atomic E-state index is 11.7. The van der Waals surface area contributed by atoms with Crippen molar-refractivity contribution >= 4 is 11.9 Å². The molecule has 110 valence electrons. The van der Waals surface area contributed by atoms with Crippen molar-refractivity contribution in [1.29, 1.82) is 0 Å². The van der Waals surface area contributed by atoms with Gasteiger partial charge in [-0.05, 0) is 19.4 Å². The quantitative estimate of drug-likeness (QED) is 0.851. The molecule has 2 rings (SSSR count). The van der Waals surface area contributed by atoms with Crippen LogP contribution in [0.5, 0.6) is 0 Å². The number of aryl methyl sites for hydroxylation is 1. The van der Waals surface area contributed by atoms with Crippen molar-refractivity contribution < 1.29 is 18.8 Å². The number of nitrogens with zero attached hydrogens (tertiary/aromatic N) is 1. The summed E-state index contributed by atoms with van der Waals surface area (Å²) in [6.45, 7) is 3.18. The molecule has 6 nitrogen and oxygen atoms in total. The molecule has 0 aliphatic rings. The largest absolute Gasteiger partial charge is 0.450 e. The summed E-state index contributed by atoms with van der Waals surface area (Å²) in [5.41, 5.74) is 1.55. The summed E-state index contributed by atoms with van der Waals surface area (Å²) in [5, 5.41) is 6.32. The molecule has 21 heavy (non-hydrogen) atoms. The molecule has 1 heterocycles. The highest BCUT2D eigenvalue weighted by Gasteiger charge is 2.16. The molecule has 0 spiro atoms. The summed E-state index contributed by atoms with van der Waals surface area (Å²) in [6, 6.07) is 10.8. The van der Waals surface area contributed by atoms with E-state index in [1.807, 2.05) is 37.3 Å². The number of rotatable bonds is 5. The van der Waals surface area contributed by atoms with Crippen LogP contribution in [0.15, 0.2) is 40.9 Å². The molecule has 1 amide bonds. The van der Waals surface area contributed by atoms with E-state index in [-0.39, 0.29) is 24.3 Å². The molecule has 0 saturated carbocycles. The van der Waals surface area contributed by atoms with Crippen molar-refractivity contribution in [2.75, 3.05) is 6.61 Å². The normalized spacial score (nSPS) is 11.7. The van der Waals surface area contributed by atoms with E-state index in [0.717, 1.165) is 5.56 Å². The van der Waals surface area contributed by atoms with Gasteiger partial charge in [0.2, 0.25) is 5.76 Å². The van der Waals surface area contributed by atoms with Gasteiger partial charge in [-0.15, -0.1) is 0 Å². The van der Waals surface area contributed by atoms with Crippen molar-refractivity contribution in [2.45, 2.75) is 19.9 Å². The summed E-state index contributed by atoms with van der Waals surface area (Å²) in [7, 11) is 0. The van der Waals surface area contributed by atoms with E-state index in [9.17, 15) is 9.59 Å².